The van der Waals surface area contributed by atoms with Gasteiger partial charge in [-0.3, -0.25) is 9.48 Å². The number of carbonyl (C=O) groups excluding carboxylic acids is 2. The highest BCUT2D eigenvalue weighted by Gasteiger charge is 2.55. The van der Waals surface area contributed by atoms with Gasteiger partial charge in [-0.05, 0) is 69.3 Å². The summed E-state index contributed by atoms with van der Waals surface area (Å²) in [4.78, 5) is 25.2. The SMILES string of the molecule is C[C@@H](OC(=O)/C=C/c1cnn(C)c1)C(=O)C12CC3CC(CC(C3)C1)C2. The van der Waals surface area contributed by atoms with Crippen molar-refractivity contribution in [1.82, 2.24) is 9.78 Å². The average Bonchev–Trinajstić information content (AvgIpc) is 2.96. The number of Topliss-reactive ketones (excluding diaryl/α,β-unsaturated/α-hetero) is 1. The number of ketones is 1. The lowest BCUT2D eigenvalue weighted by molar-refractivity contribution is -0.162. The minimum atomic E-state index is -0.665. The topological polar surface area (TPSA) is 61.2 Å². The van der Waals surface area contributed by atoms with E-state index in [0.29, 0.717) is 17.8 Å². The highest BCUT2D eigenvalue weighted by atomic mass is 16.5. The Morgan fingerprint density at radius 1 is 1.24 bits per heavy atom. The van der Waals surface area contributed by atoms with E-state index in [1.54, 1.807) is 23.9 Å². The van der Waals surface area contributed by atoms with Gasteiger partial charge in [-0.15, -0.1) is 0 Å². The maximum Gasteiger partial charge on any atom is 0.331 e. The summed E-state index contributed by atoms with van der Waals surface area (Å²) in [6.45, 7) is 1.73. The zero-order chi connectivity index (χ0) is 17.6. The van der Waals surface area contributed by atoms with Crippen molar-refractivity contribution >= 4 is 17.8 Å². The molecule has 4 fully saturated rings. The van der Waals surface area contributed by atoms with Crippen molar-refractivity contribution in [3.63, 3.8) is 0 Å². The van der Waals surface area contributed by atoms with Crippen LogP contribution in [0, 0.1) is 23.2 Å². The molecule has 0 amide bonds. The molecule has 5 heteroatoms. The maximum atomic E-state index is 13.1. The molecule has 0 spiro atoms. The molecule has 0 aliphatic heterocycles. The lowest BCUT2D eigenvalue weighted by Gasteiger charge is -2.56. The van der Waals surface area contributed by atoms with Crippen LogP contribution in [0.5, 0.6) is 0 Å². The van der Waals surface area contributed by atoms with Crippen molar-refractivity contribution in [2.75, 3.05) is 0 Å². The van der Waals surface area contributed by atoms with E-state index < -0.39 is 12.1 Å². The predicted molar refractivity (Wildman–Crippen MR) is 93.4 cm³/mol. The molecule has 1 atom stereocenters. The van der Waals surface area contributed by atoms with Crippen molar-refractivity contribution in [2.24, 2.45) is 30.2 Å². The van der Waals surface area contributed by atoms with Crippen LogP contribution in [0.2, 0.25) is 0 Å². The first kappa shape index (κ1) is 16.6. The molecule has 0 saturated heterocycles. The molecule has 4 aliphatic carbocycles. The number of esters is 1. The number of ether oxygens (including phenoxy) is 1. The van der Waals surface area contributed by atoms with Gasteiger partial charge in [0.15, 0.2) is 11.9 Å². The van der Waals surface area contributed by atoms with E-state index in [-0.39, 0.29) is 11.2 Å². The molecule has 0 N–H and O–H groups in total. The second kappa shape index (κ2) is 6.11. The van der Waals surface area contributed by atoms with Crippen LogP contribution in [0.1, 0.15) is 51.0 Å². The first-order valence-corrected chi connectivity index (χ1v) is 9.35. The summed E-state index contributed by atoms with van der Waals surface area (Å²) in [5.74, 6) is 1.82. The highest BCUT2D eigenvalue weighted by Crippen LogP contribution is 2.60. The third kappa shape index (κ3) is 3.16. The van der Waals surface area contributed by atoms with Gasteiger partial charge in [-0.1, -0.05) is 0 Å². The standard InChI is InChI=1S/C20H26N2O3/c1-13(25-18(23)4-3-14-11-21-22(2)12-14)19(24)20-8-15-5-16(9-20)7-17(6-15)10-20/h3-4,11-13,15-17H,5-10H2,1-2H3/b4-3+/t13-,15?,16?,17?,20?/m1/s1. The van der Waals surface area contributed by atoms with Crippen molar-refractivity contribution in [3.05, 3.63) is 24.0 Å². The molecule has 4 aliphatic rings. The number of nitrogens with zero attached hydrogens (tertiary/aromatic N) is 2. The van der Waals surface area contributed by atoms with E-state index in [0.717, 1.165) is 24.8 Å². The summed E-state index contributed by atoms with van der Waals surface area (Å²) in [5.41, 5.74) is 0.612. The van der Waals surface area contributed by atoms with E-state index in [1.807, 2.05) is 13.2 Å². The molecule has 4 bridgehead atoms. The minimum absolute atomic E-state index is 0.148. The Hall–Kier alpha value is -1.91. The Morgan fingerprint density at radius 2 is 1.84 bits per heavy atom. The summed E-state index contributed by atoms with van der Waals surface area (Å²) in [7, 11) is 1.82. The number of carbonyl (C=O) groups is 2. The summed E-state index contributed by atoms with van der Waals surface area (Å²) in [5, 5.41) is 4.05. The summed E-state index contributed by atoms with van der Waals surface area (Å²) >= 11 is 0. The minimum Gasteiger partial charge on any atom is -0.451 e. The van der Waals surface area contributed by atoms with E-state index in [2.05, 4.69) is 5.10 Å². The molecule has 5 nitrogen and oxygen atoms in total. The summed E-state index contributed by atoms with van der Waals surface area (Å²) in [6, 6.07) is 0. The largest absolute Gasteiger partial charge is 0.451 e. The van der Waals surface area contributed by atoms with Crippen LogP contribution in [0.15, 0.2) is 18.5 Å². The third-order valence-corrected chi connectivity index (χ3v) is 6.36. The molecule has 1 aromatic heterocycles. The van der Waals surface area contributed by atoms with Crippen molar-refractivity contribution in [1.29, 1.82) is 0 Å². The van der Waals surface area contributed by atoms with Gasteiger partial charge in [-0.25, -0.2) is 4.79 Å². The lowest BCUT2D eigenvalue weighted by Crippen LogP contribution is -2.52. The molecular formula is C20H26N2O3. The number of hydrogen-bond acceptors (Lipinski definition) is 4. The van der Waals surface area contributed by atoms with Gasteiger partial charge in [0.2, 0.25) is 0 Å². The number of aromatic nitrogens is 2. The smallest absolute Gasteiger partial charge is 0.331 e. The number of rotatable bonds is 5. The van der Waals surface area contributed by atoms with Gasteiger partial charge in [0.25, 0.3) is 0 Å². The van der Waals surface area contributed by atoms with Crippen LogP contribution in [0.25, 0.3) is 6.08 Å². The van der Waals surface area contributed by atoms with Crippen LogP contribution >= 0.6 is 0 Å². The van der Waals surface area contributed by atoms with E-state index in [1.165, 1.54) is 25.3 Å². The molecule has 5 rings (SSSR count). The van der Waals surface area contributed by atoms with Crippen LogP contribution in [0.4, 0.5) is 0 Å². The molecule has 25 heavy (non-hydrogen) atoms. The lowest BCUT2D eigenvalue weighted by atomic mass is 9.48. The van der Waals surface area contributed by atoms with Crippen molar-refractivity contribution in [2.45, 2.75) is 51.6 Å². The highest BCUT2D eigenvalue weighted by molar-refractivity contribution is 5.93. The van der Waals surface area contributed by atoms with Crippen LogP contribution in [-0.2, 0) is 21.4 Å². The normalized spacial score (nSPS) is 34.4. The molecule has 4 saturated carbocycles. The monoisotopic (exact) mass is 342 g/mol. The van der Waals surface area contributed by atoms with Crippen LogP contribution in [-0.4, -0.2) is 27.6 Å². The summed E-state index contributed by atoms with van der Waals surface area (Å²) < 4.78 is 7.10. The van der Waals surface area contributed by atoms with Gasteiger partial charge >= 0.3 is 5.97 Å². The first-order chi connectivity index (χ1) is 11.9. The van der Waals surface area contributed by atoms with E-state index >= 15 is 0 Å². The van der Waals surface area contributed by atoms with Gasteiger partial charge < -0.3 is 4.74 Å². The second-order valence-electron chi connectivity index (χ2n) is 8.42. The predicted octanol–water partition coefficient (Wildman–Crippen LogP) is 3.15. The second-order valence-corrected chi connectivity index (χ2v) is 8.42. The summed E-state index contributed by atoms with van der Waals surface area (Å²) in [6.07, 6.45) is 12.8. The fraction of sp³-hybridized carbons (Fsp3) is 0.650. The zero-order valence-electron chi connectivity index (χ0n) is 15.0. The van der Waals surface area contributed by atoms with E-state index in [9.17, 15) is 9.59 Å². The fourth-order valence-electron chi connectivity index (χ4n) is 5.80. The molecule has 0 radical (unpaired) electrons. The van der Waals surface area contributed by atoms with Gasteiger partial charge in [0.1, 0.15) is 0 Å². The first-order valence-electron chi connectivity index (χ1n) is 9.35. The van der Waals surface area contributed by atoms with Gasteiger partial charge in [0, 0.05) is 30.3 Å². The van der Waals surface area contributed by atoms with Gasteiger partial charge in [-0.2, -0.15) is 5.10 Å². The Labute approximate surface area is 148 Å². The van der Waals surface area contributed by atoms with Crippen molar-refractivity contribution < 1.29 is 14.3 Å². The van der Waals surface area contributed by atoms with Crippen LogP contribution in [0.3, 0.4) is 0 Å². The van der Waals surface area contributed by atoms with E-state index in [4.69, 9.17) is 4.74 Å². The molecule has 0 aromatic carbocycles. The van der Waals surface area contributed by atoms with Crippen LogP contribution < -0.4 is 0 Å². The quantitative estimate of drug-likeness (QED) is 0.609. The maximum absolute atomic E-state index is 13.1. The molecular weight excluding hydrogens is 316 g/mol. The Balaban J connectivity index is 1.39. The Kier molecular flexibility index (Phi) is 4.05. The Morgan fingerprint density at radius 3 is 2.36 bits per heavy atom. The number of hydrogen-bond donors (Lipinski definition) is 0. The third-order valence-electron chi connectivity index (χ3n) is 6.36. The fourth-order valence-corrected chi connectivity index (χ4v) is 5.80. The Bertz CT molecular complexity index is 683. The molecule has 1 heterocycles. The zero-order valence-corrected chi connectivity index (χ0v) is 15.0. The van der Waals surface area contributed by atoms with Crippen molar-refractivity contribution in [3.8, 4) is 0 Å². The number of aryl methyl sites for hydroxylation is 1. The molecule has 134 valence electrons. The van der Waals surface area contributed by atoms with Gasteiger partial charge in [0.05, 0.1) is 6.20 Å². The molecule has 1 aromatic rings. The average molecular weight is 342 g/mol. The molecule has 0 unspecified atom stereocenters.